The highest BCUT2D eigenvalue weighted by atomic mass is 35.5. The standard InChI is InChI=1S/C17H15ClN2/c1-2-12-5-3-4-6-15(12)20-16-9-10-19-17-11-13(18)7-8-14(16)17/h3-11H,2H2,1H3,(H,19,20). The van der Waals surface area contributed by atoms with Gasteiger partial charge in [-0.25, -0.2) is 0 Å². The summed E-state index contributed by atoms with van der Waals surface area (Å²) in [5.74, 6) is 0. The minimum Gasteiger partial charge on any atom is -0.355 e. The third-order valence-electron chi connectivity index (χ3n) is 3.37. The van der Waals surface area contributed by atoms with Gasteiger partial charge in [0.15, 0.2) is 0 Å². The highest BCUT2D eigenvalue weighted by Gasteiger charge is 2.05. The molecule has 100 valence electrons. The van der Waals surface area contributed by atoms with Crippen molar-refractivity contribution in [1.29, 1.82) is 0 Å². The van der Waals surface area contributed by atoms with Crippen LogP contribution in [0.1, 0.15) is 12.5 Å². The molecule has 3 rings (SSSR count). The van der Waals surface area contributed by atoms with E-state index in [-0.39, 0.29) is 0 Å². The minimum absolute atomic E-state index is 0.705. The number of aromatic nitrogens is 1. The summed E-state index contributed by atoms with van der Waals surface area (Å²) in [7, 11) is 0. The summed E-state index contributed by atoms with van der Waals surface area (Å²) in [4.78, 5) is 4.36. The maximum absolute atomic E-state index is 6.02. The van der Waals surface area contributed by atoms with E-state index in [1.54, 1.807) is 6.20 Å². The van der Waals surface area contributed by atoms with Gasteiger partial charge in [-0.3, -0.25) is 4.98 Å². The number of para-hydroxylation sites is 1. The zero-order valence-corrected chi connectivity index (χ0v) is 12.0. The molecule has 0 amide bonds. The number of anilines is 2. The van der Waals surface area contributed by atoms with Crippen molar-refractivity contribution in [2.24, 2.45) is 0 Å². The first-order valence-corrected chi connectivity index (χ1v) is 7.05. The molecule has 1 heterocycles. The molecule has 0 spiro atoms. The number of nitrogens with zero attached hydrogens (tertiary/aromatic N) is 1. The largest absolute Gasteiger partial charge is 0.355 e. The Labute approximate surface area is 123 Å². The summed E-state index contributed by atoms with van der Waals surface area (Å²) < 4.78 is 0. The van der Waals surface area contributed by atoms with Crippen molar-refractivity contribution < 1.29 is 0 Å². The summed E-state index contributed by atoms with van der Waals surface area (Å²) >= 11 is 6.02. The van der Waals surface area contributed by atoms with Gasteiger partial charge in [0.1, 0.15) is 0 Å². The Bertz CT molecular complexity index is 753. The maximum atomic E-state index is 6.02. The van der Waals surface area contributed by atoms with E-state index in [1.165, 1.54) is 5.56 Å². The van der Waals surface area contributed by atoms with Crippen LogP contribution in [0, 0.1) is 0 Å². The van der Waals surface area contributed by atoms with Crippen LogP contribution in [0.3, 0.4) is 0 Å². The fraction of sp³-hybridized carbons (Fsp3) is 0.118. The van der Waals surface area contributed by atoms with E-state index in [9.17, 15) is 0 Å². The van der Waals surface area contributed by atoms with Crippen LogP contribution in [-0.2, 0) is 6.42 Å². The second kappa shape index (κ2) is 5.51. The molecule has 3 aromatic rings. The number of pyridine rings is 1. The lowest BCUT2D eigenvalue weighted by Crippen LogP contribution is -1.96. The van der Waals surface area contributed by atoms with Gasteiger partial charge in [-0.15, -0.1) is 0 Å². The van der Waals surface area contributed by atoms with E-state index < -0.39 is 0 Å². The zero-order valence-electron chi connectivity index (χ0n) is 11.2. The van der Waals surface area contributed by atoms with E-state index in [0.29, 0.717) is 5.02 Å². The van der Waals surface area contributed by atoms with E-state index in [0.717, 1.165) is 28.7 Å². The number of benzene rings is 2. The number of halogens is 1. The van der Waals surface area contributed by atoms with E-state index >= 15 is 0 Å². The Balaban J connectivity index is 2.07. The van der Waals surface area contributed by atoms with Gasteiger partial charge >= 0.3 is 0 Å². The third kappa shape index (κ3) is 2.47. The molecular formula is C17H15ClN2. The first-order valence-electron chi connectivity index (χ1n) is 6.67. The molecule has 0 unspecified atom stereocenters. The van der Waals surface area contributed by atoms with Crippen LogP contribution >= 0.6 is 11.6 Å². The highest BCUT2D eigenvalue weighted by molar-refractivity contribution is 6.31. The van der Waals surface area contributed by atoms with Gasteiger partial charge in [-0.05, 0) is 42.3 Å². The molecule has 0 bridgehead atoms. The van der Waals surface area contributed by atoms with E-state index in [2.05, 4.69) is 35.4 Å². The first kappa shape index (κ1) is 12.9. The molecule has 0 atom stereocenters. The monoisotopic (exact) mass is 282 g/mol. The molecule has 1 aromatic heterocycles. The molecule has 3 heteroatoms. The van der Waals surface area contributed by atoms with Crippen molar-refractivity contribution in [3.8, 4) is 0 Å². The molecule has 0 fully saturated rings. The fourth-order valence-electron chi connectivity index (χ4n) is 2.33. The SMILES string of the molecule is CCc1ccccc1Nc1ccnc2cc(Cl)ccc12. The van der Waals surface area contributed by atoms with Crippen molar-refractivity contribution >= 4 is 33.9 Å². The second-order valence-electron chi connectivity index (χ2n) is 4.66. The molecule has 20 heavy (non-hydrogen) atoms. The van der Waals surface area contributed by atoms with Crippen LogP contribution in [0.2, 0.25) is 5.02 Å². The Morgan fingerprint density at radius 1 is 1.05 bits per heavy atom. The molecule has 0 saturated heterocycles. The summed E-state index contributed by atoms with van der Waals surface area (Å²) in [6.45, 7) is 2.16. The van der Waals surface area contributed by atoms with Gasteiger partial charge in [0.2, 0.25) is 0 Å². The van der Waals surface area contributed by atoms with Gasteiger partial charge in [0.25, 0.3) is 0 Å². The van der Waals surface area contributed by atoms with Crippen LogP contribution in [-0.4, -0.2) is 4.98 Å². The lowest BCUT2D eigenvalue weighted by Gasteiger charge is -2.12. The summed E-state index contributed by atoms with van der Waals surface area (Å²) in [6, 6.07) is 16.1. The highest BCUT2D eigenvalue weighted by Crippen LogP contribution is 2.28. The Morgan fingerprint density at radius 2 is 1.90 bits per heavy atom. The predicted molar refractivity (Wildman–Crippen MR) is 85.9 cm³/mol. The quantitative estimate of drug-likeness (QED) is 0.715. The van der Waals surface area contributed by atoms with Gasteiger partial charge < -0.3 is 5.32 Å². The van der Waals surface area contributed by atoms with E-state index in [4.69, 9.17) is 11.6 Å². The molecule has 0 radical (unpaired) electrons. The molecule has 2 aromatic carbocycles. The van der Waals surface area contributed by atoms with Gasteiger partial charge in [-0.2, -0.15) is 0 Å². The lowest BCUT2D eigenvalue weighted by atomic mass is 10.1. The molecule has 2 nitrogen and oxygen atoms in total. The molecular weight excluding hydrogens is 268 g/mol. The predicted octanol–water partition coefficient (Wildman–Crippen LogP) is 5.19. The maximum Gasteiger partial charge on any atom is 0.0737 e. The van der Waals surface area contributed by atoms with Gasteiger partial charge in [-0.1, -0.05) is 36.7 Å². The number of hydrogen-bond donors (Lipinski definition) is 1. The number of nitrogens with one attached hydrogen (secondary N) is 1. The molecule has 0 aliphatic heterocycles. The van der Waals surface area contributed by atoms with Crippen molar-refractivity contribution in [2.75, 3.05) is 5.32 Å². The number of hydrogen-bond acceptors (Lipinski definition) is 2. The fourth-order valence-corrected chi connectivity index (χ4v) is 2.49. The van der Waals surface area contributed by atoms with Crippen LogP contribution in [0.25, 0.3) is 10.9 Å². The van der Waals surface area contributed by atoms with Crippen LogP contribution in [0.15, 0.2) is 54.7 Å². The van der Waals surface area contributed by atoms with Crippen molar-refractivity contribution in [1.82, 2.24) is 4.98 Å². The molecule has 0 aliphatic carbocycles. The smallest absolute Gasteiger partial charge is 0.0737 e. The first-order chi connectivity index (χ1) is 9.78. The lowest BCUT2D eigenvalue weighted by molar-refractivity contribution is 1.14. The Morgan fingerprint density at radius 3 is 2.75 bits per heavy atom. The number of fused-ring (bicyclic) bond motifs is 1. The van der Waals surface area contributed by atoms with E-state index in [1.807, 2.05) is 30.3 Å². The van der Waals surface area contributed by atoms with Gasteiger partial charge in [0.05, 0.1) is 5.52 Å². The second-order valence-corrected chi connectivity index (χ2v) is 5.09. The molecule has 1 N–H and O–H groups in total. The molecule has 0 saturated carbocycles. The van der Waals surface area contributed by atoms with Gasteiger partial charge in [0, 0.05) is 28.0 Å². The number of rotatable bonds is 3. The van der Waals surface area contributed by atoms with Crippen molar-refractivity contribution in [2.45, 2.75) is 13.3 Å². The Hall–Kier alpha value is -2.06. The van der Waals surface area contributed by atoms with Crippen LogP contribution < -0.4 is 5.32 Å². The third-order valence-corrected chi connectivity index (χ3v) is 3.61. The van der Waals surface area contributed by atoms with Crippen LogP contribution in [0.5, 0.6) is 0 Å². The normalized spacial score (nSPS) is 10.7. The average molecular weight is 283 g/mol. The minimum atomic E-state index is 0.705. The summed E-state index contributed by atoms with van der Waals surface area (Å²) in [5, 5.41) is 5.28. The zero-order chi connectivity index (χ0) is 13.9. The Kier molecular flexibility index (Phi) is 3.57. The van der Waals surface area contributed by atoms with Crippen molar-refractivity contribution in [3.63, 3.8) is 0 Å². The van der Waals surface area contributed by atoms with Crippen molar-refractivity contribution in [3.05, 3.63) is 65.3 Å². The summed E-state index contributed by atoms with van der Waals surface area (Å²) in [6.07, 6.45) is 2.80. The molecule has 0 aliphatic rings. The number of aryl methyl sites for hydroxylation is 1. The summed E-state index contributed by atoms with van der Waals surface area (Å²) in [5.41, 5.74) is 4.38. The topological polar surface area (TPSA) is 24.9 Å². The average Bonchev–Trinajstić information content (AvgIpc) is 2.47. The van der Waals surface area contributed by atoms with Crippen LogP contribution in [0.4, 0.5) is 11.4 Å².